The number of rotatable bonds is 5. The van der Waals surface area contributed by atoms with E-state index in [1.807, 2.05) is 0 Å². The molecule has 0 saturated heterocycles. The number of halogens is 3. The first-order chi connectivity index (χ1) is 9.90. The zero-order valence-electron chi connectivity index (χ0n) is 10.6. The molecule has 10 heteroatoms. The highest BCUT2D eigenvalue weighted by Crippen LogP contribution is 2.29. The molecule has 0 aliphatic rings. The van der Waals surface area contributed by atoms with E-state index < -0.39 is 17.8 Å². The van der Waals surface area contributed by atoms with Gasteiger partial charge in [-0.25, -0.2) is 9.97 Å². The number of nitrogens with two attached hydrogens (primary N) is 1. The number of nitrogens with zero attached hydrogens (tertiary/aromatic N) is 2. The van der Waals surface area contributed by atoms with Crippen LogP contribution in [0.25, 0.3) is 0 Å². The highest BCUT2D eigenvalue weighted by atomic mass is 32.1. The minimum Gasteiger partial charge on any atom is -0.344 e. The first-order valence-corrected chi connectivity index (χ1v) is 7.60. The zero-order valence-corrected chi connectivity index (χ0v) is 12.2. The summed E-state index contributed by atoms with van der Waals surface area (Å²) in [6.07, 6.45) is -3.88. The van der Waals surface area contributed by atoms with Crippen molar-refractivity contribution in [1.82, 2.24) is 15.3 Å². The molecule has 2 heterocycles. The van der Waals surface area contributed by atoms with Crippen LogP contribution >= 0.6 is 22.7 Å². The summed E-state index contributed by atoms with van der Waals surface area (Å²) in [6, 6.07) is 0. The van der Waals surface area contributed by atoms with Crippen LogP contribution in [0.1, 0.15) is 26.2 Å². The van der Waals surface area contributed by atoms with Crippen molar-refractivity contribution < 1.29 is 18.0 Å². The standard InChI is InChI=1S/C11H11F3N4OS2/c12-11(13,14)7-5-21-9(18-7)3-16-10(19)6-4-20-8(17-6)1-2-15/h4-5H,1-3,15H2,(H,16,19). The van der Waals surface area contributed by atoms with Crippen molar-refractivity contribution in [2.75, 3.05) is 6.54 Å². The van der Waals surface area contributed by atoms with Gasteiger partial charge in [0.1, 0.15) is 10.7 Å². The van der Waals surface area contributed by atoms with Crippen LogP contribution < -0.4 is 11.1 Å². The van der Waals surface area contributed by atoms with E-state index in [9.17, 15) is 18.0 Å². The van der Waals surface area contributed by atoms with Gasteiger partial charge in [0.05, 0.1) is 11.6 Å². The van der Waals surface area contributed by atoms with Crippen molar-refractivity contribution in [3.8, 4) is 0 Å². The number of carbonyl (C=O) groups is 1. The Morgan fingerprint density at radius 2 is 1.95 bits per heavy atom. The van der Waals surface area contributed by atoms with Crippen molar-refractivity contribution in [3.63, 3.8) is 0 Å². The molecule has 0 spiro atoms. The van der Waals surface area contributed by atoms with Gasteiger partial charge in [-0.15, -0.1) is 22.7 Å². The van der Waals surface area contributed by atoms with Gasteiger partial charge in [-0.2, -0.15) is 13.2 Å². The molecule has 0 unspecified atom stereocenters. The zero-order chi connectivity index (χ0) is 15.5. The van der Waals surface area contributed by atoms with Gasteiger partial charge in [-0.05, 0) is 6.54 Å². The van der Waals surface area contributed by atoms with Crippen LogP contribution in [-0.2, 0) is 19.1 Å². The van der Waals surface area contributed by atoms with E-state index in [0.717, 1.165) is 21.7 Å². The Morgan fingerprint density at radius 3 is 2.57 bits per heavy atom. The second-order valence-corrected chi connectivity index (χ2v) is 5.86. The molecule has 2 aromatic rings. The molecule has 0 aliphatic carbocycles. The molecule has 2 rings (SSSR count). The lowest BCUT2D eigenvalue weighted by molar-refractivity contribution is -0.140. The van der Waals surface area contributed by atoms with Crippen molar-refractivity contribution in [2.24, 2.45) is 5.73 Å². The van der Waals surface area contributed by atoms with Gasteiger partial charge in [-0.1, -0.05) is 0 Å². The van der Waals surface area contributed by atoms with Crippen molar-refractivity contribution >= 4 is 28.6 Å². The number of alkyl halides is 3. The lowest BCUT2D eigenvalue weighted by Gasteiger charge is -2.01. The summed E-state index contributed by atoms with van der Waals surface area (Å²) >= 11 is 2.16. The SMILES string of the molecule is NCCc1nc(C(=O)NCc2nc(C(F)(F)F)cs2)cs1. The van der Waals surface area contributed by atoms with Crippen LogP contribution in [0.4, 0.5) is 13.2 Å². The Labute approximate surface area is 126 Å². The first kappa shape index (κ1) is 15.9. The molecular weight excluding hydrogens is 325 g/mol. The maximum absolute atomic E-state index is 12.4. The minimum absolute atomic E-state index is 0.0661. The van der Waals surface area contributed by atoms with Crippen LogP contribution in [0.15, 0.2) is 10.8 Å². The number of hydrogen-bond donors (Lipinski definition) is 2. The Kier molecular flexibility index (Phi) is 4.91. The molecule has 0 atom stereocenters. The second kappa shape index (κ2) is 6.50. The molecule has 0 aliphatic heterocycles. The van der Waals surface area contributed by atoms with Gasteiger partial charge in [0.15, 0.2) is 5.69 Å². The normalized spacial score (nSPS) is 11.6. The van der Waals surface area contributed by atoms with E-state index in [2.05, 4.69) is 15.3 Å². The average molecular weight is 336 g/mol. The molecule has 0 radical (unpaired) electrons. The Bertz CT molecular complexity index is 623. The van der Waals surface area contributed by atoms with Gasteiger partial charge in [-0.3, -0.25) is 4.79 Å². The van der Waals surface area contributed by atoms with Crippen molar-refractivity contribution in [2.45, 2.75) is 19.1 Å². The minimum atomic E-state index is -4.47. The third-order valence-corrected chi connectivity index (χ3v) is 4.14. The summed E-state index contributed by atoms with van der Waals surface area (Å²) in [5.41, 5.74) is 4.67. The van der Waals surface area contributed by atoms with Crippen molar-refractivity contribution in [1.29, 1.82) is 0 Å². The molecule has 3 N–H and O–H groups in total. The molecule has 21 heavy (non-hydrogen) atoms. The summed E-state index contributed by atoms with van der Waals surface area (Å²) in [5.74, 6) is -0.446. The van der Waals surface area contributed by atoms with Crippen LogP contribution in [0, 0.1) is 0 Å². The summed E-state index contributed by atoms with van der Waals surface area (Å²) in [4.78, 5) is 19.3. The lowest BCUT2D eigenvalue weighted by atomic mass is 10.4. The van der Waals surface area contributed by atoms with Gasteiger partial charge in [0.2, 0.25) is 0 Å². The topological polar surface area (TPSA) is 80.9 Å². The number of thiazole rings is 2. The number of aromatic nitrogens is 2. The summed E-state index contributed by atoms with van der Waals surface area (Å²) < 4.78 is 37.1. The fourth-order valence-corrected chi connectivity index (χ4v) is 2.96. The second-order valence-electron chi connectivity index (χ2n) is 3.97. The predicted molar refractivity (Wildman–Crippen MR) is 73.2 cm³/mol. The molecule has 0 bridgehead atoms. The third kappa shape index (κ3) is 4.22. The largest absolute Gasteiger partial charge is 0.434 e. The van der Waals surface area contributed by atoms with Gasteiger partial charge in [0, 0.05) is 17.2 Å². The highest BCUT2D eigenvalue weighted by molar-refractivity contribution is 7.10. The van der Waals surface area contributed by atoms with E-state index in [1.165, 1.54) is 11.3 Å². The highest BCUT2D eigenvalue weighted by Gasteiger charge is 2.33. The van der Waals surface area contributed by atoms with Crippen LogP contribution in [-0.4, -0.2) is 22.4 Å². The molecule has 2 aromatic heterocycles. The maximum Gasteiger partial charge on any atom is 0.434 e. The van der Waals surface area contributed by atoms with Crippen LogP contribution in [0.3, 0.4) is 0 Å². The summed E-state index contributed by atoms with van der Waals surface area (Å²) in [6.45, 7) is 0.372. The van der Waals surface area contributed by atoms with E-state index in [4.69, 9.17) is 5.73 Å². The molecular formula is C11H11F3N4OS2. The number of hydrogen-bond acceptors (Lipinski definition) is 6. The summed E-state index contributed by atoms with van der Waals surface area (Å²) in [5, 5.41) is 5.93. The Hall–Kier alpha value is -1.52. The van der Waals surface area contributed by atoms with E-state index in [0.29, 0.717) is 13.0 Å². The van der Waals surface area contributed by atoms with Crippen LogP contribution in [0.2, 0.25) is 0 Å². The molecule has 0 saturated carbocycles. The van der Waals surface area contributed by atoms with E-state index >= 15 is 0 Å². The smallest absolute Gasteiger partial charge is 0.344 e. The molecule has 0 aromatic carbocycles. The summed E-state index contributed by atoms with van der Waals surface area (Å²) in [7, 11) is 0. The predicted octanol–water partition coefficient (Wildman–Crippen LogP) is 2.05. The van der Waals surface area contributed by atoms with E-state index in [-0.39, 0.29) is 17.2 Å². The van der Waals surface area contributed by atoms with E-state index in [1.54, 1.807) is 5.38 Å². The van der Waals surface area contributed by atoms with Crippen molar-refractivity contribution in [3.05, 3.63) is 32.2 Å². The molecule has 114 valence electrons. The lowest BCUT2D eigenvalue weighted by Crippen LogP contribution is -2.23. The van der Waals surface area contributed by atoms with Gasteiger partial charge in [0.25, 0.3) is 5.91 Å². The quantitative estimate of drug-likeness (QED) is 0.876. The van der Waals surface area contributed by atoms with Gasteiger partial charge < -0.3 is 11.1 Å². The number of amides is 1. The number of nitrogens with one attached hydrogen (secondary N) is 1. The first-order valence-electron chi connectivity index (χ1n) is 5.84. The maximum atomic E-state index is 12.4. The Morgan fingerprint density at radius 1 is 1.24 bits per heavy atom. The fraction of sp³-hybridized carbons (Fsp3) is 0.364. The fourth-order valence-electron chi connectivity index (χ4n) is 1.42. The monoisotopic (exact) mass is 336 g/mol. The average Bonchev–Trinajstić information content (AvgIpc) is 3.04. The molecule has 0 fully saturated rings. The number of carbonyl (C=O) groups excluding carboxylic acids is 1. The molecule has 5 nitrogen and oxygen atoms in total. The van der Waals surface area contributed by atoms with Gasteiger partial charge >= 0.3 is 6.18 Å². The Balaban J connectivity index is 1.92. The third-order valence-electron chi connectivity index (χ3n) is 2.38. The molecule has 1 amide bonds. The van der Waals surface area contributed by atoms with Crippen LogP contribution in [0.5, 0.6) is 0 Å².